The van der Waals surface area contributed by atoms with E-state index in [2.05, 4.69) is 36.7 Å². The van der Waals surface area contributed by atoms with Crippen LogP contribution in [0, 0.1) is 10.8 Å². The number of hydrogen-bond donors (Lipinski definition) is 1. The third kappa shape index (κ3) is 2.16. The fourth-order valence-electron chi connectivity index (χ4n) is 2.98. The molecule has 1 fully saturated rings. The number of alkyl halides is 1. The van der Waals surface area contributed by atoms with Crippen molar-refractivity contribution in [3.8, 4) is 0 Å². The molecule has 2 atom stereocenters. The lowest BCUT2D eigenvalue weighted by Gasteiger charge is -2.45. The van der Waals surface area contributed by atoms with Gasteiger partial charge in [-0.25, -0.2) is 0 Å². The van der Waals surface area contributed by atoms with Crippen molar-refractivity contribution in [2.24, 2.45) is 10.8 Å². The molecule has 84 valence electrons. The van der Waals surface area contributed by atoms with Crippen LogP contribution >= 0.6 is 15.9 Å². The Labute approximate surface area is 96.4 Å². The molecule has 0 aromatic carbocycles. The second kappa shape index (κ2) is 4.52. The average Bonchev–Trinajstić information content (AvgIpc) is 2.43. The fourth-order valence-corrected chi connectivity index (χ4v) is 3.26. The summed E-state index contributed by atoms with van der Waals surface area (Å²) in [5.41, 5.74) is 0.395. The Morgan fingerprint density at radius 1 is 1.43 bits per heavy atom. The summed E-state index contributed by atoms with van der Waals surface area (Å²) < 4.78 is 0. The Kier molecular flexibility index (Phi) is 4.04. The van der Waals surface area contributed by atoms with Crippen molar-refractivity contribution in [3.63, 3.8) is 0 Å². The SMILES string of the molecule is CC(C)(C)[C@@]1(CCCBr)CCC[C@H]1O. The van der Waals surface area contributed by atoms with Gasteiger partial charge in [0.25, 0.3) is 0 Å². The van der Waals surface area contributed by atoms with E-state index in [0.717, 1.165) is 18.2 Å². The fraction of sp³-hybridized carbons (Fsp3) is 1.00. The van der Waals surface area contributed by atoms with Crippen LogP contribution in [-0.2, 0) is 0 Å². The molecule has 0 spiro atoms. The second-order valence-electron chi connectivity index (χ2n) is 5.61. The van der Waals surface area contributed by atoms with E-state index in [4.69, 9.17) is 0 Å². The Morgan fingerprint density at radius 2 is 2.07 bits per heavy atom. The van der Waals surface area contributed by atoms with E-state index in [9.17, 15) is 5.11 Å². The predicted molar refractivity (Wildman–Crippen MR) is 64.8 cm³/mol. The summed E-state index contributed by atoms with van der Waals surface area (Å²) in [4.78, 5) is 0. The van der Waals surface area contributed by atoms with Gasteiger partial charge in [0.05, 0.1) is 6.10 Å². The number of aliphatic hydroxyl groups is 1. The van der Waals surface area contributed by atoms with E-state index in [0.29, 0.717) is 0 Å². The van der Waals surface area contributed by atoms with Gasteiger partial charge in [0.1, 0.15) is 0 Å². The topological polar surface area (TPSA) is 20.2 Å². The lowest BCUT2D eigenvalue weighted by atomic mass is 9.62. The van der Waals surface area contributed by atoms with Crippen molar-refractivity contribution in [2.75, 3.05) is 5.33 Å². The van der Waals surface area contributed by atoms with Gasteiger partial charge >= 0.3 is 0 Å². The molecule has 14 heavy (non-hydrogen) atoms. The van der Waals surface area contributed by atoms with Crippen LogP contribution < -0.4 is 0 Å². The Hall–Kier alpha value is 0.440. The van der Waals surface area contributed by atoms with Gasteiger partial charge in [-0.2, -0.15) is 0 Å². The summed E-state index contributed by atoms with van der Waals surface area (Å²) in [6.07, 6.45) is 5.64. The van der Waals surface area contributed by atoms with Crippen LogP contribution in [0.3, 0.4) is 0 Å². The van der Waals surface area contributed by atoms with Gasteiger partial charge in [-0.05, 0) is 31.1 Å². The van der Waals surface area contributed by atoms with Gasteiger partial charge in [-0.1, -0.05) is 43.1 Å². The molecule has 0 amide bonds. The molecule has 0 radical (unpaired) electrons. The molecule has 1 rings (SSSR count). The number of rotatable bonds is 3. The molecule has 0 heterocycles. The van der Waals surface area contributed by atoms with E-state index in [1.807, 2.05) is 0 Å². The lowest BCUT2D eigenvalue weighted by Crippen LogP contribution is -2.42. The molecule has 0 saturated heterocycles. The van der Waals surface area contributed by atoms with Gasteiger partial charge in [0.2, 0.25) is 0 Å². The van der Waals surface area contributed by atoms with E-state index in [1.54, 1.807) is 0 Å². The first kappa shape index (κ1) is 12.5. The summed E-state index contributed by atoms with van der Waals surface area (Å²) in [6.45, 7) is 6.82. The maximum atomic E-state index is 10.2. The minimum atomic E-state index is -0.0819. The molecular weight excluding hydrogens is 240 g/mol. The quantitative estimate of drug-likeness (QED) is 0.769. The highest BCUT2D eigenvalue weighted by Crippen LogP contribution is 2.54. The molecule has 1 aliphatic rings. The van der Waals surface area contributed by atoms with Crippen molar-refractivity contribution in [2.45, 2.75) is 59.0 Å². The van der Waals surface area contributed by atoms with E-state index >= 15 is 0 Å². The van der Waals surface area contributed by atoms with E-state index in [-0.39, 0.29) is 16.9 Å². The summed E-state index contributed by atoms with van der Waals surface area (Å²) in [5, 5.41) is 11.2. The van der Waals surface area contributed by atoms with Crippen molar-refractivity contribution in [3.05, 3.63) is 0 Å². The van der Waals surface area contributed by atoms with Crippen LogP contribution in [0.2, 0.25) is 0 Å². The summed E-state index contributed by atoms with van der Waals surface area (Å²) in [5.74, 6) is 0. The standard InChI is InChI=1S/C12H23BrO/c1-11(2,3)12(8-5-9-13)7-4-6-10(12)14/h10,14H,4-9H2,1-3H3/t10-,12-/m1/s1. The maximum absolute atomic E-state index is 10.2. The molecule has 1 nitrogen and oxygen atoms in total. The number of halogens is 1. The number of hydrogen-bond acceptors (Lipinski definition) is 1. The third-order valence-electron chi connectivity index (χ3n) is 3.99. The third-order valence-corrected chi connectivity index (χ3v) is 4.55. The van der Waals surface area contributed by atoms with Crippen molar-refractivity contribution >= 4 is 15.9 Å². The van der Waals surface area contributed by atoms with E-state index < -0.39 is 0 Å². The second-order valence-corrected chi connectivity index (χ2v) is 6.40. The summed E-state index contributed by atoms with van der Waals surface area (Å²) in [6, 6.07) is 0. The van der Waals surface area contributed by atoms with Crippen molar-refractivity contribution in [1.29, 1.82) is 0 Å². The first-order valence-corrected chi connectivity index (χ1v) is 6.80. The molecule has 1 N–H and O–H groups in total. The van der Waals surface area contributed by atoms with Gasteiger partial charge in [-0.3, -0.25) is 0 Å². The minimum Gasteiger partial charge on any atom is -0.393 e. The Morgan fingerprint density at radius 3 is 2.43 bits per heavy atom. The summed E-state index contributed by atoms with van der Waals surface area (Å²) >= 11 is 3.49. The molecule has 2 heteroatoms. The molecule has 0 aliphatic heterocycles. The minimum absolute atomic E-state index is 0.0819. The predicted octanol–water partition coefficient (Wildman–Crippen LogP) is 3.74. The molecule has 0 aromatic rings. The molecule has 0 bridgehead atoms. The molecular formula is C12H23BrO. The van der Waals surface area contributed by atoms with Gasteiger partial charge in [0.15, 0.2) is 0 Å². The smallest absolute Gasteiger partial charge is 0.0601 e. The first-order valence-electron chi connectivity index (χ1n) is 5.68. The van der Waals surface area contributed by atoms with Crippen LogP contribution in [0.25, 0.3) is 0 Å². The highest BCUT2D eigenvalue weighted by molar-refractivity contribution is 9.09. The highest BCUT2D eigenvalue weighted by Gasteiger charge is 2.49. The Bertz CT molecular complexity index is 185. The summed E-state index contributed by atoms with van der Waals surface area (Å²) in [7, 11) is 0. The number of aliphatic hydroxyl groups excluding tert-OH is 1. The zero-order chi connectivity index (χ0) is 10.8. The van der Waals surface area contributed by atoms with Crippen LogP contribution in [-0.4, -0.2) is 16.5 Å². The highest BCUT2D eigenvalue weighted by atomic mass is 79.9. The lowest BCUT2D eigenvalue weighted by molar-refractivity contribution is -0.0377. The van der Waals surface area contributed by atoms with Crippen LogP contribution in [0.15, 0.2) is 0 Å². The molecule has 0 aromatic heterocycles. The normalized spacial score (nSPS) is 33.6. The zero-order valence-electron chi connectivity index (χ0n) is 9.65. The van der Waals surface area contributed by atoms with Crippen LogP contribution in [0.1, 0.15) is 52.9 Å². The average molecular weight is 263 g/mol. The largest absolute Gasteiger partial charge is 0.393 e. The molecule has 0 unspecified atom stereocenters. The van der Waals surface area contributed by atoms with Gasteiger partial charge in [-0.15, -0.1) is 0 Å². The van der Waals surface area contributed by atoms with Gasteiger partial charge in [0, 0.05) is 10.7 Å². The monoisotopic (exact) mass is 262 g/mol. The van der Waals surface area contributed by atoms with E-state index in [1.165, 1.54) is 19.3 Å². The van der Waals surface area contributed by atoms with Crippen molar-refractivity contribution in [1.82, 2.24) is 0 Å². The maximum Gasteiger partial charge on any atom is 0.0601 e. The molecule has 1 aliphatic carbocycles. The van der Waals surface area contributed by atoms with Crippen LogP contribution in [0.5, 0.6) is 0 Å². The molecule has 1 saturated carbocycles. The van der Waals surface area contributed by atoms with Gasteiger partial charge < -0.3 is 5.11 Å². The van der Waals surface area contributed by atoms with Crippen LogP contribution in [0.4, 0.5) is 0 Å². The van der Waals surface area contributed by atoms with Crippen molar-refractivity contribution < 1.29 is 5.11 Å². The first-order chi connectivity index (χ1) is 6.44. The Balaban J connectivity index is 2.79. The zero-order valence-corrected chi connectivity index (χ0v) is 11.2.